The Bertz CT molecular complexity index is 207. The average Bonchev–Trinajstić information content (AvgIpc) is 2.34. The second-order valence-corrected chi connectivity index (χ2v) is 2.40. The summed E-state index contributed by atoms with van der Waals surface area (Å²) < 4.78 is 4.97. The molecule has 0 bridgehead atoms. The predicted octanol–water partition coefficient (Wildman–Crippen LogP) is 1.11. The first-order valence-electron chi connectivity index (χ1n) is 3.24. The number of nitrogens with one attached hydrogen (secondary N) is 1. The SMILES string of the molecule is Cc1cocc1C(C)NN. The maximum Gasteiger partial charge on any atom is 0.0953 e. The van der Waals surface area contributed by atoms with E-state index >= 15 is 0 Å². The quantitative estimate of drug-likeness (QED) is 0.478. The molecule has 1 atom stereocenters. The molecule has 0 radical (unpaired) electrons. The number of hydrogen-bond acceptors (Lipinski definition) is 3. The third-order valence-electron chi connectivity index (χ3n) is 1.61. The molecule has 0 aliphatic heterocycles. The van der Waals surface area contributed by atoms with Gasteiger partial charge in [0, 0.05) is 11.6 Å². The van der Waals surface area contributed by atoms with Gasteiger partial charge in [0.2, 0.25) is 0 Å². The fraction of sp³-hybridized carbons (Fsp3) is 0.429. The fourth-order valence-corrected chi connectivity index (χ4v) is 0.904. The normalized spacial score (nSPS) is 13.5. The molecule has 1 rings (SSSR count). The Kier molecular flexibility index (Phi) is 2.09. The molecule has 10 heavy (non-hydrogen) atoms. The molecule has 3 nitrogen and oxygen atoms in total. The van der Waals surface area contributed by atoms with Crippen molar-refractivity contribution in [2.75, 3.05) is 0 Å². The van der Waals surface area contributed by atoms with Crippen LogP contribution in [0.25, 0.3) is 0 Å². The van der Waals surface area contributed by atoms with E-state index in [2.05, 4.69) is 5.43 Å². The molecule has 1 unspecified atom stereocenters. The molecule has 0 aliphatic carbocycles. The molecule has 1 aromatic heterocycles. The second kappa shape index (κ2) is 2.86. The van der Waals surface area contributed by atoms with Crippen molar-refractivity contribution in [3.05, 3.63) is 23.7 Å². The molecule has 3 heteroatoms. The van der Waals surface area contributed by atoms with Gasteiger partial charge in [-0.05, 0) is 19.4 Å². The van der Waals surface area contributed by atoms with Crippen LogP contribution in [0.5, 0.6) is 0 Å². The first kappa shape index (κ1) is 7.31. The van der Waals surface area contributed by atoms with Crippen LogP contribution < -0.4 is 11.3 Å². The van der Waals surface area contributed by atoms with Crippen molar-refractivity contribution in [2.24, 2.45) is 5.84 Å². The zero-order chi connectivity index (χ0) is 7.56. The molecule has 0 fully saturated rings. The van der Waals surface area contributed by atoms with E-state index in [1.807, 2.05) is 13.8 Å². The Hall–Kier alpha value is -0.800. The summed E-state index contributed by atoms with van der Waals surface area (Å²) in [5, 5.41) is 0. The highest BCUT2D eigenvalue weighted by molar-refractivity contribution is 5.21. The predicted molar refractivity (Wildman–Crippen MR) is 39.2 cm³/mol. The monoisotopic (exact) mass is 140 g/mol. The maximum absolute atomic E-state index is 5.24. The van der Waals surface area contributed by atoms with E-state index in [1.54, 1.807) is 12.5 Å². The highest BCUT2D eigenvalue weighted by atomic mass is 16.3. The summed E-state index contributed by atoms with van der Waals surface area (Å²) in [7, 11) is 0. The van der Waals surface area contributed by atoms with Crippen LogP contribution in [-0.2, 0) is 0 Å². The highest BCUT2D eigenvalue weighted by Crippen LogP contribution is 2.16. The van der Waals surface area contributed by atoms with Gasteiger partial charge in [-0.2, -0.15) is 0 Å². The first-order chi connectivity index (χ1) is 4.75. The molecule has 0 saturated heterocycles. The van der Waals surface area contributed by atoms with Gasteiger partial charge >= 0.3 is 0 Å². The lowest BCUT2D eigenvalue weighted by atomic mass is 10.1. The zero-order valence-corrected chi connectivity index (χ0v) is 6.22. The van der Waals surface area contributed by atoms with Crippen molar-refractivity contribution in [1.29, 1.82) is 0 Å². The second-order valence-electron chi connectivity index (χ2n) is 2.40. The van der Waals surface area contributed by atoms with Crippen LogP contribution in [0.4, 0.5) is 0 Å². The molecule has 0 spiro atoms. The van der Waals surface area contributed by atoms with Crippen LogP contribution in [0.2, 0.25) is 0 Å². The minimum Gasteiger partial charge on any atom is -0.472 e. The zero-order valence-electron chi connectivity index (χ0n) is 6.22. The summed E-state index contributed by atoms with van der Waals surface area (Å²) in [4.78, 5) is 0. The standard InChI is InChI=1S/C7H12N2O/c1-5-3-10-4-7(5)6(2)9-8/h3-4,6,9H,8H2,1-2H3. The molecule has 3 N–H and O–H groups in total. The lowest BCUT2D eigenvalue weighted by molar-refractivity contribution is 0.546. The summed E-state index contributed by atoms with van der Waals surface area (Å²) >= 11 is 0. The molecular weight excluding hydrogens is 128 g/mol. The number of rotatable bonds is 2. The van der Waals surface area contributed by atoms with Gasteiger partial charge in [-0.15, -0.1) is 0 Å². The van der Waals surface area contributed by atoms with Gasteiger partial charge in [-0.25, -0.2) is 0 Å². The van der Waals surface area contributed by atoms with E-state index in [0.717, 1.165) is 11.1 Å². The van der Waals surface area contributed by atoms with Crippen molar-refractivity contribution in [3.8, 4) is 0 Å². The summed E-state index contributed by atoms with van der Waals surface area (Å²) in [5.41, 5.74) is 4.89. The van der Waals surface area contributed by atoms with Gasteiger partial charge in [-0.1, -0.05) is 0 Å². The molecule has 1 heterocycles. The minimum atomic E-state index is 0.166. The molecule has 0 aromatic carbocycles. The maximum atomic E-state index is 5.24. The number of aryl methyl sites for hydroxylation is 1. The van der Waals surface area contributed by atoms with Gasteiger partial charge in [0.1, 0.15) is 0 Å². The summed E-state index contributed by atoms with van der Waals surface area (Å²) in [6.07, 6.45) is 3.42. The van der Waals surface area contributed by atoms with Crippen LogP contribution in [0.15, 0.2) is 16.9 Å². The molecular formula is C7H12N2O. The number of nitrogens with two attached hydrogens (primary N) is 1. The Labute approximate surface area is 60.2 Å². The van der Waals surface area contributed by atoms with Gasteiger partial charge < -0.3 is 4.42 Å². The molecule has 56 valence electrons. The lowest BCUT2D eigenvalue weighted by Gasteiger charge is -2.06. The van der Waals surface area contributed by atoms with Crippen LogP contribution in [0.3, 0.4) is 0 Å². The van der Waals surface area contributed by atoms with Gasteiger partial charge in [0.15, 0.2) is 0 Å². The molecule has 0 amide bonds. The molecule has 1 aromatic rings. The topological polar surface area (TPSA) is 51.2 Å². The van der Waals surface area contributed by atoms with E-state index in [-0.39, 0.29) is 6.04 Å². The largest absolute Gasteiger partial charge is 0.472 e. The summed E-state index contributed by atoms with van der Waals surface area (Å²) in [6.45, 7) is 3.98. The minimum absolute atomic E-state index is 0.166. The van der Waals surface area contributed by atoms with Gasteiger partial charge in [-0.3, -0.25) is 11.3 Å². The van der Waals surface area contributed by atoms with Crippen LogP contribution in [-0.4, -0.2) is 0 Å². The Balaban J connectivity index is 2.82. The van der Waals surface area contributed by atoms with Crippen molar-refractivity contribution in [1.82, 2.24) is 5.43 Å². The van der Waals surface area contributed by atoms with E-state index in [9.17, 15) is 0 Å². The number of hydrazine groups is 1. The average molecular weight is 140 g/mol. The van der Waals surface area contributed by atoms with Crippen LogP contribution in [0.1, 0.15) is 24.1 Å². The van der Waals surface area contributed by atoms with E-state index in [4.69, 9.17) is 10.3 Å². The number of furan rings is 1. The Morgan fingerprint density at radius 1 is 1.60 bits per heavy atom. The van der Waals surface area contributed by atoms with Crippen molar-refractivity contribution < 1.29 is 4.42 Å². The first-order valence-corrected chi connectivity index (χ1v) is 3.24. The van der Waals surface area contributed by atoms with Gasteiger partial charge in [0.05, 0.1) is 12.5 Å². The van der Waals surface area contributed by atoms with Gasteiger partial charge in [0.25, 0.3) is 0 Å². The Morgan fingerprint density at radius 3 is 2.70 bits per heavy atom. The van der Waals surface area contributed by atoms with Crippen molar-refractivity contribution in [3.63, 3.8) is 0 Å². The third-order valence-corrected chi connectivity index (χ3v) is 1.61. The van der Waals surface area contributed by atoms with Crippen LogP contribution in [0, 0.1) is 6.92 Å². The fourth-order valence-electron chi connectivity index (χ4n) is 0.904. The Morgan fingerprint density at radius 2 is 2.30 bits per heavy atom. The molecule has 0 saturated carbocycles. The summed E-state index contributed by atoms with van der Waals surface area (Å²) in [5.74, 6) is 5.24. The summed E-state index contributed by atoms with van der Waals surface area (Å²) in [6, 6.07) is 0.166. The van der Waals surface area contributed by atoms with E-state index in [0.29, 0.717) is 0 Å². The highest BCUT2D eigenvalue weighted by Gasteiger charge is 2.06. The number of hydrogen-bond donors (Lipinski definition) is 2. The van der Waals surface area contributed by atoms with E-state index in [1.165, 1.54) is 0 Å². The van der Waals surface area contributed by atoms with Crippen LogP contribution >= 0.6 is 0 Å². The molecule has 0 aliphatic rings. The van der Waals surface area contributed by atoms with Crippen molar-refractivity contribution in [2.45, 2.75) is 19.9 Å². The smallest absolute Gasteiger partial charge is 0.0953 e. The third kappa shape index (κ3) is 1.20. The lowest BCUT2D eigenvalue weighted by Crippen LogP contribution is -2.25. The van der Waals surface area contributed by atoms with Crippen molar-refractivity contribution >= 4 is 0 Å². The van der Waals surface area contributed by atoms with E-state index < -0.39 is 0 Å².